The Hall–Kier alpha value is -2.19. The summed E-state index contributed by atoms with van der Waals surface area (Å²) in [7, 11) is -2.14. The number of benzene rings is 1. The summed E-state index contributed by atoms with van der Waals surface area (Å²) in [5, 5.41) is 2.82. The van der Waals surface area contributed by atoms with Gasteiger partial charge in [-0.05, 0) is 44.7 Å². The number of sulfonamides is 1. The van der Waals surface area contributed by atoms with Crippen LogP contribution in [0.3, 0.4) is 0 Å². The van der Waals surface area contributed by atoms with Crippen molar-refractivity contribution in [1.82, 2.24) is 19.6 Å². The molecule has 2 aromatic rings. The van der Waals surface area contributed by atoms with Gasteiger partial charge in [0, 0.05) is 31.0 Å². The van der Waals surface area contributed by atoms with E-state index >= 15 is 0 Å². The molecule has 23 heavy (non-hydrogen) atoms. The van der Waals surface area contributed by atoms with Gasteiger partial charge in [-0.15, -0.1) is 0 Å². The van der Waals surface area contributed by atoms with Crippen molar-refractivity contribution in [2.45, 2.75) is 24.8 Å². The molecule has 0 saturated carbocycles. The third-order valence-electron chi connectivity index (χ3n) is 3.48. The highest BCUT2D eigenvalue weighted by molar-refractivity contribution is 7.89. The van der Waals surface area contributed by atoms with E-state index in [1.165, 1.54) is 31.3 Å². The van der Waals surface area contributed by atoms with Gasteiger partial charge in [0.2, 0.25) is 10.0 Å². The molecule has 2 rings (SSSR count). The van der Waals surface area contributed by atoms with Crippen molar-refractivity contribution in [3.63, 3.8) is 0 Å². The molecule has 8 heteroatoms. The maximum atomic E-state index is 12.0. The molecule has 0 atom stereocenters. The number of nitrogens with zero attached hydrogens (tertiary/aromatic N) is 2. The lowest BCUT2D eigenvalue weighted by Gasteiger charge is -2.08. The third kappa shape index (κ3) is 4.40. The summed E-state index contributed by atoms with van der Waals surface area (Å²) < 4.78 is 27.5. The lowest BCUT2D eigenvalue weighted by molar-refractivity contribution is 0.0952. The van der Waals surface area contributed by atoms with Crippen molar-refractivity contribution in [1.29, 1.82) is 0 Å². The average molecular weight is 336 g/mol. The first-order valence-corrected chi connectivity index (χ1v) is 8.72. The molecule has 2 N–H and O–H groups in total. The Morgan fingerprint density at radius 3 is 2.52 bits per heavy atom. The Balaban J connectivity index is 1.85. The number of rotatable bonds is 7. The monoisotopic (exact) mass is 336 g/mol. The van der Waals surface area contributed by atoms with Gasteiger partial charge in [0.05, 0.1) is 4.90 Å². The van der Waals surface area contributed by atoms with Crippen molar-refractivity contribution in [2.75, 3.05) is 13.6 Å². The zero-order chi connectivity index (χ0) is 16.9. The molecular weight excluding hydrogens is 316 g/mol. The summed E-state index contributed by atoms with van der Waals surface area (Å²) in [4.78, 5) is 16.3. The molecule has 1 aromatic carbocycles. The van der Waals surface area contributed by atoms with E-state index in [9.17, 15) is 13.2 Å². The van der Waals surface area contributed by atoms with Gasteiger partial charge in [0.1, 0.15) is 5.82 Å². The Morgan fingerprint density at radius 1 is 1.26 bits per heavy atom. The normalized spacial score (nSPS) is 11.4. The van der Waals surface area contributed by atoms with E-state index in [2.05, 4.69) is 15.0 Å². The maximum absolute atomic E-state index is 12.0. The second kappa shape index (κ2) is 7.38. The van der Waals surface area contributed by atoms with Crippen LogP contribution in [-0.2, 0) is 16.6 Å². The Bertz CT molecular complexity index is 766. The molecule has 7 nitrogen and oxygen atoms in total. The fraction of sp³-hybridized carbons (Fsp3) is 0.333. The minimum Gasteiger partial charge on any atom is -0.352 e. The van der Waals surface area contributed by atoms with E-state index < -0.39 is 10.0 Å². The van der Waals surface area contributed by atoms with Crippen LogP contribution in [0.5, 0.6) is 0 Å². The van der Waals surface area contributed by atoms with Crippen LogP contribution in [0.2, 0.25) is 0 Å². The van der Waals surface area contributed by atoms with E-state index in [-0.39, 0.29) is 10.8 Å². The summed E-state index contributed by atoms with van der Waals surface area (Å²) in [6.07, 6.45) is 4.43. The van der Waals surface area contributed by atoms with Crippen molar-refractivity contribution in [3.8, 4) is 0 Å². The van der Waals surface area contributed by atoms with E-state index in [4.69, 9.17) is 0 Å². The average Bonchev–Trinajstić information content (AvgIpc) is 2.96. The molecule has 1 aromatic heterocycles. The standard InChI is InChI=1S/C15H20N4O3S/c1-12-17-9-11-19(12)10-3-8-18-15(20)13-4-6-14(7-5-13)23(21,22)16-2/h4-7,9,11,16H,3,8,10H2,1-2H3,(H,18,20). The number of imidazole rings is 1. The molecule has 0 bridgehead atoms. The molecule has 0 fully saturated rings. The van der Waals surface area contributed by atoms with Gasteiger partial charge >= 0.3 is 0 Å². The van der Waals surface area contributed by atoms with Crippen LogP contribution in [0, 0.1) is 6.92 Å². The second-order valence-corrected chi connectivity index (χ2v) is 6.90. The number of aryl methyl sites for hydroxylation is 2. The number of carbonyl (C=O) groups excluding carboxylic acids is 1. The largest absolute Gasteiger partial charge is 0.352 e. The highest BCUT2D eigenvalue weighted by atomic mass is 32.2. The first-order chi connectivity index (χ1) is 10.9. The topological polar surface area (TPSA) is 93.1 Å². The first-order valence-electron chi connectivity index (χ1n) is 7.23. The van der Waals surface area contributed by atoms with Crippen LogP contribution in [0.4, 0.5) is 0 Å². The minimum absolute atomic E-state index is 0.132. The fourth-order valence-corrected chi connectivity index (χ4v) is 2.83. The van der Waals surface area contributed by atoms with Crippen molar-refractivity contribution < 1.29 is 13.2 Å². The lowest BCUT2D eigenvalue weighted by atomic mass is 10.2. The SMILES string of the molecule is CNS(=O)(=O)c1ccc(C(=O)NCCCn2ccnc2C)cc1. The second-order valence-electron chi connectivity index (χ2n) is 5.01. The lowest BCUT2D eigenvalue weighted by Crippen LogP contribution is -2.25. The summed E-state index contributed by atoms with van der Waals surface area (Å²) in [6, 6.07) is 5.82. The summed E-state index contributed by atoms with van der Waals surface area (Å²) in [5.41, 5.74) is 0.430. The molecule has 1 amide bonds. The maximum Gasteiger partial charge on any atom is 0.251 e. The fourth-order valence-electron chi connectivity index (χ4n) is 2.10. The number of aromatic nitrogens is 2. The number of amides is 1. The first kappa shape index (κ1) is 17.2. The number of hydrogen-bond donors (Lipinski definition) is 2. The highest BCUT2D eigenvalue weighted by Gasteiger charge is 2.12. The van der Waals surface area contributed by atoms with Gasteiger partial charge in [-0.2, -0.15) is 0 Å². The van der Waals surface area contributed by atoms with Crippen molar-refractivity contribution in [3.05, 3.63) is 48.0 Å². The molecule has 0 aliphatic carbocycles. The predicted molar refractivity (Wildman–Crippen MR) is 86.6 cm³/mol. The third-order valence-corrected chi connectivity index (χ3v) is 4.91. The van der Waals surface area contributed by atoms with Gasteiger partial charge in [0.25, 0.3) is 5.91 Å². The van der Waals surface area contributed by atoms with E-state index in [1.807, 2.05) is 17.7 Å². The number of carbonyl (C=O) groups is 1. The van der Waals surface area contributed by atoms with E-state index in [0.717, 1.165) is 18.8 Å². The van der Waals surface area contributed by atoms with Crippen LogP contribution in [-0.4, -0.2) is 37.5 Å². The van der Waals surface area contributed by atoms with Crippen LogP contribution in [0.1, 0.15) is 22.6 Å². The summed E-state index contributed by atoms with van der Waals surface area (Å²) in [6.45, 7) is 3.25. The van der Waals surface area contributed by atoms with Gasteiger partial charge < -0.3 is 9.88 Å². The molecule has 1 heterocycles. The quantitative estimate of drug-likeness (QED) is 0.735. The predicted octanol–water partition coefficient (Wildman–Crippen LogP) is 0.920. The molecule has 0 unspecified atom stereocenters. The molecule has 0 radical (unpaired) electrons. The minimum atomic E-state index is -3.48. The summed E-state index contributed by atoms with van der Waals surface area (Å²) >= 11 is 0. The molecule has 124 valence electrons. The van der Waals surface area contributed by atoms with Crippen LogP contribution in [0.25, 0.3) is 0 Å². The molecule has 0 spiro atoms. The van der Waals surface area contributed by atoms with Crippen molar-refractivity contribution in [2.24, 2.45) is 0 Å². The summed E-state index contributed by atoms with van der Waals surface area (Å²) in [5.74, 6) is 0.721. The zero-order valence-electron chi connectivity index (χ0n) is 13.1. The Labute approximate surface area is 135 Å². The Kier molecular flexibility index (Phi) is 5.51. The van der Waals surface area contributed by atoms with Crippen LogP contribution in [0.15, 0.2) is 41.6 Å². The van der Waals surface area contributed by atoms with Crippen molar-refractivity contribution >= 4 is 15.9 Å². The zero-order valence-corrected chi connectivity index (χ0v) is 13.9. The van der Waals surface area contributed by atoms with Gasteiger partial charge in [-0.3, -0.25) is 4.79 Å². The van der Waals surface area contributed by atoms with E-state index in [0.29, 0.717) is 12.1 Å². The molecule has 0 aliphatic rings. The highest BCUT2D eigenvalue weighted by Crippen LogP contribution is 2.10. The smallest absolute Gasteiger partial charge is 0.251 e. The molecule has 0 aliphatic heterocycles. The van der Waals surface area contributed by atoms with Gasteiger partial charge in [-0.25, -0.2) is 18.1 Å². The Morgan fingerprint density at radius 2 is 1.96 bits per heavy atom. The van der Waals surface area contributed by atoms with Crippen LogP contribution >= 0.6 is 0 Å². The molecule has 0 saturated heterocycles. The molecular formula is C15H20N4O3S. The van der Waals surface area contributed by atoms with Gasteiger partial charge in [0.15, 0.2) is 0 Å². The number of nitrogens with one attached hydrogen (secondary N) is 2. The van der Waals surface area contributed by atoms with Crippen LogP contribution < -0.4 is 10.0 Å². The van der Waals surface area contributed by atoms with Gasteiger partial charge in [-0.1, -0.05) is 0 Å². The number of hydrogen-bond acceptors (Lipinski definition) is 4. The van der Waals surface area contributed by atoms with E-state index in [1.54, 1.807) is 6.20 Å².